The zero-order valence-electron chi connectivity index (χ0n) is 10.1. The summed E-state index contributed by atoms with van der Waals surface area (Å²) in [6, 6.07) is 2.02. The highest BCUT2D eigenvalue weighted by atomic mass is 35.5. The fourth-order valence-electron chi connectivity index (χ4n) is 2.13. The van der Waals surface area contributed by atoms with E-state index >= 15 is 0 Å². The molecular weight excluding hydrogens is 250 g/mol. The van der Waals surface area contributed by atoms with Crippen molar-refractivity contribution >= 4 is 23.2 Å². The number of nitrogens with two attached hydrogens (primary N) is 1. The molecule has 2 aliphatic carbocycles. The maximum atomic E-state index is 12.5. The van der Waals surface area contributed by atoms with Gasteiger partial charge in [0.1, 0.15) is 5.15 Å². The van der Waals surface area contributed by atoms with Gasteiger partial charge in [-0.1, -0.05) is 11.6 Å². The molecule has 2 aliphatic rings. The second kappa shape index (κ2) is 4.43. The number of hydrogen-bond donors (Lipinski definition) is 1. The van der Waals surface area contributed by atoms with Gasteiger partial charge in [-0.3, -0.25) is 4.79 Å². The number of halogens is 1. The molecule has 0 aromatic carbocycles. The van der Waals surface area contributed by atoms with Gasteiger partial charge in [0.05, 0.1) is 17.4 Å². The molecule has 0 bridgehead atoms. The van der Waals surface area contributed by atoms with Crippen LogP contribution in [0.3, 0.4) is 0 Å². The van der Waals surface area contributed by atoms with Crippen LogP contribution >= 0.6 is 11.6 Å². The van der Waals surface area contributed by atoms with Crippen molar-refractivity contribution in [1.29, 1.82) is 0 Å². The summed E-state index contributed by atoms with van der Waals surface area (Å²) in [5.74, 6) is 0.663. The number of aromatic nitrogens is 1. The molecule has 1 aromatic heterocycles. The number of rotatable bonds is 4. The fraction of sp³-hybridized carbons (Fsp3) is 0.538. The van der Waals surface area contributed by atoms with Crippen LogP contribution in [0.15, 0.2) is 12.3 Å². The lowest BCUT2D eigenvalue weighted by molar-refractivity contribution is 0.0734. The zero-order chi connectivity index (χ0) is 12.7. The molecule has 0 spiro atoms. The third kappa shape index (κ3) is 2.43. The van der Waals surface area contributed by atoms with Gasteiger partial charge >= 0.3 is 0 Å². The first-order valence-corrected chi connectivity index (χ1v) is 6.75. The number of carbonyl (C=O) groups is 1. The first-order chi connectivity index (χ1) is 8.65. The van der Waals surface area contributed by atoms with Gasteiger partial charge in [0.25, 0.3) is 5.91 Å². The van der Waals surface area contributed by atoms with Crippen LogP contribution in [0.2, 0.25) is 5.15 Å². The van der Waals surface area contributed by atoms with Gasteiger partial charge in [-0.05, 0) is 37.7 Å². The molecule has 1 heterocycles. The van der Waals surface area contributed by atoms with Gasteiger partial charge < -0.3 is 10.6 Å². The van der Waals surface area contributed by atoms with Crippen molar-refractivity contribution in [1.82, 2.24) is 9.88 Å². The molecule has 0 atom stereocenters. The summed E-state index contributed by atoms with van der Waals surface area (Å²) in [6.07, 6.45) is 6.15. The van der Waals surface area contributed by atoms with Crippen molar-refractivity contribution in [3.05, 3.63) is 23.0 Å². The number of carbonyl (C=O) groups excluding carboxylic acids is 1. The lowest BCUT2D eigenvalue weighted by atomic mass is 10.2. The summed E-state index contributed by atoms with van der Waals surface area (Å²) in [7, 11) is 0. The number of amides is 1. The molecule has 5 heteroatoms. The molecular formula is C13H16ClN3O. The molecule has 4 nitrogen and oxygen atoms in total. The minimum atomic E-state index is -0.0193. The Bertz CT molecular complexity index is 483. The molecule has 0 unspecified atom stereocenters. The molecule has 96 valence electrons. The van der Waals surface area contributed by atoms with Crippen LogP contribution in [0.25, 0.3) is 0 Å². The first-order valence-electron chi connectivity index (χ1n) is 6.37. The number of anilines is 1. The van der Waals surface area contributed by atoms with E-state index in [0.29, 0.717) is 23.2 Å². The maximum absolute atomic E-state index is 12.5. The van der Waals surface area contributed by atoms with E-state index in [1.165, 1.54) is 19.0 Å². The van der Waals surface area contributed by atoms with Crippen molar-refractivity contribution < 1.29 is 4.79 Å². The zero-order valence-corrected chi connectivity index (χ0v) is 10.9. The van der Waals surface area contributed by atoms with Crippen LogP contribution in [0.5, 0.6) is 0 Å². The Morgan fingerprint density at radius 2 is 2.17 bits per heavy atom. The van der Waals surface area contributed by atoms with Gasteiger partial charge in [0, 0.05) is 12.6 Å². The molecule has 1 aromatic rings. The van der Waals surface area contributed by atoms with E-state index in [9.17, 15) is 4.79 Å². The Morgan fingerprint density at radius 1 is 1.44 bits per heavy atom. The molecule has 2 N–H and O–H groups in total. The van der Waals surface area contributed by atoms with Crippen LogP contribution < -0.4 is 5.73 Å². The number of nitrogens with zero attached hydrogens (tertiary/aromatic N) is 2. The van der Waals surface area contributed by atoms with Gasteiger partial charge in [-0.25, -0.2) is 4.98 Å². The highest BCUT2D eigenvalue weighted by molar-refractivity contribution is 6.32. The molecule has 2 saturated carbocycles. The molecule has 2 fully saturated rings. The third-order valence-corrected chi connectivity index (χ3v) is 3.79. The van der Waals surface area contributed by atoms with E-state index in [0.717, 1.165) is 19.4 Å². The van der Waals surface area contributed by atoms with Crippen molar-refractivity contribution in [2.45, 2.75) is 31.7 Å². The van der Waals surface area contributed by atoms with E-state index in [2.05, 4.69) is 4.98 Å². The Labute approximate surface area is 111 Å². The second-order valence-electron chi connectivity index (χ2n) is 5.24. The standard InChI is InChI=1S/C13H16ClN3O/c14-12-11(5-9(15)6-16-12)13(18)17(10-3-4-10)7-8-1-2-8/h5-6,8,10H,1-4,7,15H2. The van der Waals surface area contributed by atoms with E-state index in [1.54, 1.807) is 6.07 Å². The molecule has 1 amide bonds. The van der Waals surface area contributed by atoms with Crippen molar-refractivity contribution in [2.24, 2.45) is 5.92 Å². The Morgan fingerprint density at radius 3 is 2.78 bits per heavy atom. The predicted molar refractivity (Wildman–Crippen MR) is 70.4 cm³/mol. The van der Waals surface area contributed by atoms with Crippen LogP contribution in [0.4, 0.5) is 5.69 Å². The average Bonchev–Trinajstić information content (AvgIpc) is 3.21. The molecule has 0 radical (unpaired) electrons. The third-order valence-electron chi connectivity index (χ3n) is 3.49. The van der Waals surface area contributed by atoms with Crippen molar-refractivity contribution in [2.75, 3.05) is 12.3 Å². The highest BCUT2D eigenvalue weighted by Gasteiger charge is 2.37. The Hall–Kier alpha value is -1.29. The normalized spacial score (nSPS) is 18.7. The smallest absolute Gasteiger partial charge is 0.257 e. The Balaban J connectivity index is 1.83. The van der Waals surface area contributed by atoms with Gasteiger partial charge in [-0.2, -0.15) is 0 Å². The second-order valence-corrected chi connectivity index (χ2v) is 5.60. The largest absolute Gasteiger partial charge is 0.397 e. The number of hydrogen-bond acceptors (Lipinski definition) is 3. The molecule has 18 heavy (non-hydrogen) atoms. The quantitative estimate of drug-likeness (QED) is 0.850. The van der Waals surface area contributed by atoms with Gasteiger partial charge in [0.2, 0.25) is 0 Å². The summed E-state index contributed by atoms with van der Waals surface area (Å²) in [5, 5.41) is 0.246. The average molecular weight is 266 g/mol. The SMILES string of the molecule is Nc1cnc(Cl)c(C(=O)N(CC2CC2)C2CC2)c1. The van der Waals surface area contributed by atoms with Crippen LogP contribution in [0.1, 0.15) is 36.0 Å². The lowest BCUT2D eigenvalue weighted by Gasteiger charge is -2.22. The van der Waals surface area contributed by atoms with E-state index in [-0.39, 0.29) is 11.1 Å². The molecule has 0 saturated heterocycles. The van der Waals surface area contributed by atoms with E-state index in [4.69, 9.17) is 17.3 Å². The van der Waals surface area contributed by atoms with E-state index in [1.807, 2.05) is 4.90 Å². The fourth-order valence-corrected chi connectivity index (χ4v) is 2.32. The molecule has 3 rings (SSSR count). The van der Waals surface area contributed by atoms with Crippen molar-refractivity contribution in [3.8, 4) is 0 Å². The van der Waals surface area contributed by atoms with Crippen molar-refractivity contribution in [3.63, 3.8) is 0 Å². The topological polar surface area (TPSA) is 59.2 Å². The summed E-state index contributed by atoms with van der Waals surface area (Å²) in [6.45, 7) is 0.856. The molecule has 0 aliphatic heterocycles. The summed E-state index contributed by atoms with van der Waals surface area (Å²) >= 11 is 6.00. The maximum Gasteiger partial charge on any atom is 0.257 e. The van der Waals surface area contributed by atoms with E-state index < -0.39 is 0 Å². The lowest BCUT2D eigenvalue weighted by Crippen LogP contribution is -2.35. The number of nitrogen functional groups attached to an aromatic ring is 1. The predicted octanol–water partition coefficient (Wildman–Crippen LogP) is 2.33. The summed E-state index contributed by atoms with van der Waals surface area (Å²) in [4.78, 5) is 18.4. The van der Waals surface area contributed by atoms with Gasteiger partial charge in [0.15, 0.2) is 0 Å². The minimum absolute atomic E-state index is 0.0193. The summed E-state index contributed by atoms with van der Waals surface area (Å²) < 4.78 is 0. The minimum Gasteiger partial charge on any atom is -0.397 e. The number of pyridine rings is 1. The van der Waals surface area contributed by atoms with Crippen LogP contribution in [-0.2, 0) is 0 Å². The van der Waals surface area contributed by atoms with Crippen LogP contribution in [0, 0.1) is 5.92 Å². The monoisotopic (exact) mass is 265 g/mol. The summed E-state index contributed by atoms with van der Waals surface area (Å²) in [5.41, 5.74) is 6.59. The highest BCUT2D eigenvalue weighted by Crippen LogP contribution is 2.36. The van der Waals surface area contributed by atoms with Crippen LogP contribution in [-0.4, -0.2) is 28.4 Å². The first kappa shape index (κ1) is 11.8. The van der Waals surface area contributed by atoms with Gasteiger partial charge in [-0.15, -0.1) is 0 Å². The Kier molecular flexibility index (Phi) is 2.90.